The molecule has 6 nitrogen and oxygen atoms in total. The van der Waals surface area contributed by atoms with Gasteiger partial charge < -0.3 is 5.73 Å². The van der Waals surface area contributed by atoms with E-state index < -0.39 is 5.91 Å². The van der Waals surface area contributed by atoms with Gasteiger partial charge in [0.25, 0.3) is 5.91 Å². The first-order valence-electron chi connectivity index (χ1n) is 9.68. The van der Waals surface area contributed by atoms with Gasteiger partial charge >= 0.3 is 0 Å². The number of carbonyl (C=O) groups is 1. The number of carbonyl (C=O) groups excluding carboxylic acids is 1. The standard InChI is InChI=1S/C21H23N5O/c22-21(27)20-18-10-15(3-6-19(18)26(24-20)17-4-5-17)16-9-14(11-23-12-16)13-25-7-1-2-8-25/h3,6,9-12,17H,1-2,4-5,7-8,13H2,(H2,22,27). The lowest BCUT2D eigenvalue weighted by Gasteiger charge is -2.14. The smallest absolute Gasteiger partial charge is 0.269 e. The number of primary amides is 1. The fourth-order valence-electron chi connectivity index (χ4n) is 4.03. The quantitative estimate of drug-likeness (QED) is 0.757. The van der Waals surface area contributed by atoms with E-state index in [0.717, 1.165) is 41.4 Å². The molecule has 3 heterocycles. The van der Waals surface area contributed by atoms with Gasteiger partial charge in [-0.25, -0.2) is 0 Å². The van der Waals surface area contributed by atoms with Crippen LogP contribution < -0.4 is 5.73 Å². The molecule has 1 saturated carbocycles. The highest BCUT2D eigenvalue weighted by Gasteiger charge is 2.28. The van der Waals surface area contributed by atoms with Crippen molar-refractivity contribution in [3.8, 4) is 11.1 Å². The van der Waals surface area contributed by atoms with Crippen LogP contribution >= 0.6 is 0 Å². The lowest BCUT2D eigenvalue weighted by atomic mass is 10.0. The molecule has 2 aromatic heterocycles. The Morgan fingerprint density at radius 2 is 1.93 bits per heavy atom. The van der Waals surface area contributed by atoms with Crippen molar-refractivity contribution >= 4 is 16.8 Å². The number of pyridine rings is 1. The van der Waals surface area contributed by atoms with Gasteiger partial charge in [0, 0.05) is 29.9 Å². The molecule has 6 heteroatoms. The second-order valence-electron chi connectivity index (χ2n) is 7.69. The summed E-state index contributed by atoms with van der Waals surface area (Å²) < 4.78 is 1.96. The zero-order valence-electron chi connectivity index (χ0n) is 15.3. The van der Waals surface area contributed by atoms with Crippen LogP contribution in [-0.4, -0.2) is 38.7 Å². The van der Waals surface area contributed by atoms with Gasteiger partial charge in [0.2, 0.25) is 0 Å². The van der Waals surface area contributed by atoms with Crippen LogP contribution in [0.3, 0.4) is 0 Å². The van der Waals surface area contributed by atoms with E-state index in [1.807, 2.05) is 23.1 Å². The first-order chi connectivity index (χ1) is 13.2. The number of benzene rings is 1. The summed E-state index contributed by atoms with van der Waals surface area (Å²) in [5, 5.41) is 5.32. The number of likely N-dealkylation sites (tertiary alicyclic amines) is 1. The van der Waals surface area contributed by atoms with Crippen molar-refractivity contribution in [1.82, 2.24) is 19.7 Å². The van der Waals surface area contributed by atoms with Crippen LogP contribution in [0.15, 0.2) is 36.7 Å². The largest absolute Gasteiger partial charge is 0.364 e. The highest BCUT2D eigenvalue weighted by Crippen LogP contribution is 2.38. The molecule has 0 unspecified atom stereocenters. The van der Waals surface area contributed by atoms with Gasteiger partial charge in [0.1, 0.15) is 0 Å². The molecule has 138 valence electrons. The van der Waals surface area contributed by atoms with Gasteiger partial charge in [-0.1, -0.05) is 6.07 Å². The molecule has 1 amide bonds. The van der Waals surface area contributed by atoms with Crippen molar-refractivity contribution in [2.24, 2.45) is 5.73 Å². The van der Waals surface area contributed by atoms with Crippen molar-refractivity contribution in [1.29, 1.82) is 0 Å². The normalized spacial score (nSPS) is 17.6. The molecular weight excluding hydrogens is 338 g/mol. The number of aromatic nitrogens is 3. The molecule has 3 aromatic rings. The first kappa shape index (κ1) is 16.4. The Labute approximate surface area is 158 Å². The molecule has 27 heavy (non-hydrogen) atoms. The maximum Gasteiger partial charge on any atom is 0.269 e. The number of hydrogen-bond acceptors (Lipinski definition) is 4. The highest BCUT2D eigenvalue weighted by atomic mass is 16.1. The molecule has 0 spiro atoms. The summed E-state index contributed by atoms with van der Waals surface area (Å²) >= 11 is 0. The van der Waals surface area contributed by atoms with Crippen molar-refractivity contribution in [3.05, 3.63) is 47.9 Å². The fraction of sp³-hybridized carbons (Fsp3) is 0.381. The van der Waals surface area contributed by atoms with Crippen LogP contribution in [0.4, 0.5) is 0 Å². The molecule has 2 fully saturated rings. The third kappa shape index (κ3) is 3.10. The fourth-order valence-corrected chi connectivity index (χ4v) is 4.03. The Morgan fingerprint density at radius 3 is 2.67 bits per heavy atom. The van der Waals surface area contributed by atoms with E-state index in [-0.39, 0.29) is 0 Å². The number of amides is 1. The molecule has 0 bridgehead atoms. The molecular formula is C21H23N5O. The average Bonchev–Trinajstić information content (AvgIpc) is 3.25. The minimum absolute atomic E-state index is 0.361. The number of rotatable bonds is 5. The maximum atomic E-state index is 11.9. The Balaban J connectivity index is 1.53. The second kappa shape index (κ2) is 6.46. The lowest BCUT2D eigenvalue weighted by molar-refractivity contribution is 0.0996. The van der Waals surface area contributed by atoms with E-state index in [1.54, 1.807) is 0 Å². The topological polar surface area (TPSA) is 77.0 Å². The molecule has 2 N–H and O–H groups in total. The number of nitrogens with zero attached hydrogens (tertiary/aromatic N) is 4. The van der Waals surface area contributed by atoms with Crippen LogP contribution in [0.2, 0.25) is 0 Å². The number of nitrogens with two attached hydrogens (primary N) is 1. The van der Waals surface area contributed by atoms with Gasteiger partial charge in [-0.3, -0.25) is 19.4 Å². The van der Waals surface area contributed by atoms with Crippen molar-refractivity contribution in [2.45, 2.75) is 38.3 Å². The maximum absolute atomic E-state index is 11.9. The lowest BCUT2D eigenvalue weighted by Crippen LogP contribution is -2.18. The van der Waals surface area contributed by atoms with E-state index in [4.69, 9.17) is 5.73 Å². The van der Waals surface area contributed by atoms with Crippen molar-refractivity contribution < 1.29 is 4.79 Å². The third-order valence-corrected chi connectivity index (χ3v) is 5.57. The van der Waals surface area contributed by atoms with Crippen LogP contribution in [0.1, 0.15) is 47.8 Å². The Bertz CT molecular complexity index is 1010. The molecule has 1 saturated heterocycles. The third-order valence-electron chi connectivity index (χ3n) is 5.57. The molecule has 1 aliphatic carbocycles. The van der Waals surface area contributed by atoms with Gasteiger partial charge in [-0.15, -0.1) is 0 Å². The zero-order chi connectivity index (χ0) is 18.4. The summed E-state index contributed by atoms with van der Waals surface area (Å²) in [4.78, 5) is 18.8. The van der Waals surface area contributed by atoms with Crippen LogP contribution in [0, 0.1) is 0 Å². The number of hydrogen-bond donors (Lipinski definition) is 1. The summed E-state index contributed by atoms with van der Waals surface area (Å²) in [6.07, 6.45) is 8.61. The van der Waals surface area contributed by atoms with E-state index in [2.05, 4.69) is 33.2 Å². The summed E-state index contributed by atoms with van der Waals surface area (Å²) in [6.45, 7) is 3.27. The molecule has 0 radical (unpaired) electrons. The minimum Gasteiger partial charge on any atom is -0.364 e. The van der Waals surface area contributed by atoms with Crippen LogP contribution in [-0.2, 0) is 6.54 Å². The highest BCUT2D eigenvalue weighted by molar-refractivity contribution is 6.05. The molecule has 2 aliphatic rings. The molecule has 0 atom stereocenters. The second-order valence-corrected chi connectivity index (χ2v) is 7.69. The van der Waals surface area contributed by atoms with Crippen LogP contribution in [0.5, 0.6) is 0 Å². The Morgan fingerprint density at radius 1 is 1.11 bits per heavy atom. The first-order valence-corrected chi connectivity index (χ1v) is 9.68. The summed E-state index contributed by atoms with van der Waals surface area (Å²) in [5.41, 5.74) is 10.2. The molecule has 1 aliphatic heterocycles. The van der Waals surface area contributed by atoms with Crippen LogP contribution in [0.25, 0.3) is 22.0 Å². The monoisotopic (exact) mass is 361 g/mol. The van der Waals surface area contributed by atoms with Gasteiger partial charge in [-0.05, 0) is 68.1 Å². The van der Waals surface area contributed by atoms with Crippen molar-refractivity contribution in [2.75, 3.05) is 13.1 Å². The Kier molecular flexibility index (Phi) is 3.93. The summed E-state index contributed by atoms with van der Waals surface area (Å²) in [6, 6.07) is 8.76. The molecule has 1 aromatic carbocycles. The predicted molar refractivity (Wildman–Crippen MR) is 104 cm³/mol. The average molecular weight is 361 g/mol. The van der Waals surface area contributed by atoms with Gasteiger partial charge in [0.05, 0.1) is 11.6 Å². The predicted octanol–water partition coefficient (Wildman–Crippen LogP) is 3.13. The van der Waals surface area contributed by atoms with E-state index in [9.17, 15) is 4.79 Å². The summed E-state index contributed by atoms with van der Waals surface area (Å²) in [5.74, 6) is -0.475. The van der Waals surface area contributed by atoms with E-state index in [1.165, 1.54) is 31.5 Å². The SMILES string of the molecule is NC(=O)c1nn(C2CC2)c2ccc(-c3cncc(CN4CCCC4)c3)cc12. The number of fused-ring (bicyclic) bond motifs is 1. The summed E-state index contributed by atoms with van der Waals surface area (Å²) in [7, 11) is 0. The van der Waals surface area contributed by atoms with Gasteiger partial charge in [-0.2, -0.15) is 5.10 Å². The molecule has 5 rings (SSSR count). The minimum atomic E-state index is -0.475. The Hall–Kier alpha value is -2.73. The van der Waals surface area contributed by atoms with Gasteiger partial charge in [0.15, 0.2) is 5.69 Å². The van der Waals surface area contributed by atoms with Crippen molar-refractivity contribution in [3.63, 3.8) is 0 Å². The zero-order valence-corrected chi connectivity index (χ0v) is 15.3. The van der Waals surface area contributed by atoms with E-state index >= 15 is 0 Å². The van der Waals surface area contributed by atoms with E-state index in [0.29, 0.717) is 11.7 Å².